The smallest absolute Gasteiger partial charge is 0.343 e. The molecule has 47 heavy (non-hydrogen) atoms. The average molecular weight is 775 g/mol. The molecule has 3 aromatic carbocycles. The van der Waals surface area contributed by atoms with Gasteiger partial charge >= 0.3 is 170 Å². The van der Waals surface area contributed by atoms with Gasteiger partial charge in [0.1, 0.15) is 0 Å². The Balaban J connectivity index is 0.000000247. The fourth-order valence-corrected chi connectivity index (χ4v) is 10.3. The molecule has 3 aliphatic carbocycles. The van der Waals surface area contributed by atoms with Gasteiger partial charge in [-0.25, -0.2) is 4.22 Å². The topological polar surface area (TPSA) is 32.1 Å². The van der Waals surface area contributed by atoms with E-state index in [2.05, 4.69) is 140 Å². The van der Waals surface area contributed by atoms with Gasteiger partial charge in [0.2, 0.25) is 0 Å². The number of rotatable bonds is 4. The Morgan fingerprint density at radius 3 is 1.98 bits per heavy atom. The van der Waals surface area contributed by atoms with Gasteiger partial charge in [-0.2, -0.15) is 0 Å². The molecule has 0 bridgehead atoms. The summed E-state index contributed by atoms with van der Waals surface area (Å²) < 4.78 is 5.45. The zero-order valence-corrected chi connectivity index (χ0v) is 34.7. The molecule has 1 N–H and O–H groups in total. The van der Waals surface area contributed by atoms with Crippen LogP contribution in [0.3, 0.4) is 0 Å². The fourth-order valence-electron chi connectivity index (χ4n) is 6.84. The Bertz CT molecular complexity index is 1880. The van der Waals surface area contributed by atoms with E-state index in [1.165, 1.54) is 66.6 Å². The van der Waals surface area contributed by atoms with Crippen LogP contribution in [0, 0.1) is 12.8 Å². The van der Waals surface area contributed by atoms with Gasteiger partial charge in [0.15, 0.2) is 11.4 Å². The van der Waals surface area contributed by atoms with E-state index in [0.717, 1.165) is 43.4 Å². The first-order valence-electron chi connectivity index (χ1n) is 15.8. The normalized spacial score (nSPS) is 15.6. The minimum absolute atomic E-state index is 0. The standard InChI is InChI=1S/C20H23NOSi.C19H22NSi.2ClH.Zr/c1-12-10-14-6-5-7-15(17(14)11-12)18-16(20(21)22)9-8-13(2)19(18)23(3)4;1-14-8-10-17(11-9-14)20(21(3)4)19-7-5-6-16-12-15(2)13-18(16)19;;;/h5-9,11,13H,10H2,1-4H3,(H2,21,22);5-11,13H,12H2,1-4H3;2*1H;/q;+1;;;+1/p-3. The first-order valence-corrected chi connectivity index (χ1v) is 22.0. The summed E-state index contributed by atoms with van der Waals surface area (Å²) in [6.45, 7) is 18.2. The van der Waals surface area contributed by atoms with Crippen molar-refractivity contribution in [2.24, 2.45) is 5.92 Å². The quantitative estimate of drug-likeness (QED) is 0.407. The van der Waals surface area contributed by atoms with Gasteiger partial charge < -0.3 is 24.8 Å². The van der Waals surface area contributed by atoms with Crippen molar-refractivity contribution in [2.45, 2.75) is 66.7 Å². The molecule has 1 amide bonds. The predicted molar refractivity (Wildman–Crippen MR) is 194 cm³/mol. The number of benzene rings is 3. The van der Waals surface area contributed by atoms with Crippen LogP contribution in [0.4, 0.5) is 11.4 Å². The van der Waals surface area contributed by atoms with Crippen molar-refractivity contribution in [1.82, 2.24) is 7.48 Å². The summed E-state index contributed by atoms with van der Waals surface area (Å²) in [5.41, 5.74) is 15.7. The van der Waals surface area contributed by atoms with Crippen molar-refractivity contribution in [2.75, 3.05) is 0 Å². The molecule has 3 nitrogen and oxygen atoms in total. The number of allylic oxidation sites excluding steroid dienone is 4. The van der Waals surface area contributed by atoms with Crippen molar-refractivity contribution in [3.63, 3.8) is 0 Å². The number of hydrogen-bond donors (Lipinski definition) is 1. The van der Waals surface area contributed by atoms with E-state index in [0.29, 0.717) is 5.92 Å². The summed E-state index contributed by atoms with van der Waals surface area (Å²) >= 11 is 1.04. The zero-order valence-electron chi connectivity index (χ0n) is 28.7. The summed E-state index contributed by atoms with van der Waals surface area (Å²) in [6, 6.07) is 22.2. The van der Waals surface area contributed by atoms with E-state index in [1.807, 2.05) is 6.08 Å². The number of nitrogens with zero attached hydrogens (tertiary/aromatic N) is 1. The molecule has 1 atom stereocenters. The van der Waals surface area contributed by atoms with E-state index in [1.54, 1.807) is 0 Å². The van der Waals surface area contributed by atoms with Crippen molar-refractivity contribution in [3.8, 4) is 0 Å². The van der Waals surface area contributed by atoms with Crippen molar-refractivity contribution in [3.05, 3.63) is 123 Å². The van der Waals surface area contributed by atoms with E-state index in [4.69, 9.17) is 0 Å². The number of aryl methyl sites for hydroxylation is 1. The number of hydrogen-bond acceptors (Lipinski definition) is 1. The van der Waals surface area contributed by atoms with Crippen LogP contribution >= 0.6 is 0 Å². The Kier molecular flexibility index (Phi) is 14.0. The SMILES string of the molecule is CC1=Cc2c(cccc2C2=C(C(=O)[NH][Zr])C=CC(C)C2=[Si](C)C)C1.CC1=Cc2c(cccc2[N+](c2ccc(C)cc2)=[Si](C)C)C1.[Cl-].[Cl-]. The molecule has 0 aromatic heterocycles. The summed E-state index contributed by atoms with van der Waals surface area (Å²) in [7, 11) is -1.29. The van der Waals surface area contributed by atoms with Crippen LogP contribution in [-0.2, 0) is 42.6 Å². The molecule has 243 valence electrons. The molecule has 3 aliphatic rings. The van der Waals surface area contributed by atoms with Crippen LogP contribution in [0.5, 0.6) is 0 Å². The predicted octanol–water partition coefficient (Wildman–Crippen LogP) is 3.01. The van der Waals surface area contributed by atoms with E-state index < -0.39 is 17.0 Å². The van der Waals surface area contributed by atoms with Crippen LogP contribution in [0.15, 0.2) is 89.5 Å². The van der Waals surface area contributed by atoms with Gasteiger partial charge in [-0.3, -0.25) is 0 Å². The van der Waals surface area contributed by atoms with E-state index >= 15 is 0 Å². The van der Waals surface area contributed by atoms with Gasteiger partial charge in [-0.15, -0.1) is 0 Å². The molecular weight excluding hydrogens is 731 g/mol. The molecule has 0 radical (unpaired) electrons. The maximum absolute atomic E-state index is 12.6. The van der Waals surface area contributed by atoms with Gasteiger partial charge in [-0.05, 0) is 31.9 Å². The largest absolute Gasteiger partial charge is 1.00 e. The monoisotopic (exact) mass is 772 g/mol. The molecule has 8 heteroatoms. The first kappa shape index (κ1) is 39.1. The van der Waals surface area contributed by atoms with Crippen molar-refractivity contribution in [1.29, 1.82) is 0 Å². The third-order valence-electron chi connectivity index (χ3n) is 8.78. The van der Waals surface area contributed by atoms with Crippen LogP contribution in [-0.4, -0.2) is 28.1 Å². The summed E-state index contributed by atoms with van der Waals surface area (Å²) in [6.07, 6.45) is 11.0. The molecule has 0 saturated heterocycles. The first-order chi connectivity index (χ1) is 21.5. The van der Waals surface area contributed by atoms with Crippen LogP contribution < -0.4 is 32.3 Å². The minimum atomic E-state index is -0.669. The average Bonchev–Trinajstić information content (AvgIpc) is 3.58. The molecule has 0 spiro atoms. The number of halogens is 2. The van der Waals surface area contributed by atoms with Crippen molar-refractivity contribution < 1.29 is 54.6 Å². The molecule has 0 heterocycles. The third kappa shape index (κ3) is 8.46. The zero-order chi connectivity index (χ0) is 32.4. The van der Waals surface area contributed by atoms with E-state index in [-0.39, 0.29) is 30.7 Å². The van der Waals surface area contributed by atoms with Gasteiger partial charge in [0.05, 0.1) is 0 Å². The van der Waals surface area contributed by atoms with Crippen LogP contribution in [0.1, 0.15) is 54.2 Å². The van der Waals surface area contributed by atoms with Gasteiger partial charge in [0, 0.05) is 36.9 Å². The molecule has 1 unspecified atom stereocenters. The molecule has 6 rings (SSSR count). The number of carbonyl (C=O) groups is 1. The van der Waals surface area contributed by atoms with E-state index in [9.17, 15) is 4.79 Å². The maximum Gasteiger partial charge on any atom is 0.343 e. The molecule has 0 fully saturated rings. The number of carbonyl (C=O) groups excluding carboxylic acids is 1. The summed E-state index contributed by atoms with van der Waals surface area (Å²) in [5, 5.41) is 1.46. The Hall–Kier alpha value is -2.34. The summed E-state index contributed by atoms with van der Waals surface area (Å²) in [4.78, 5) is 12.6. The third-order valence-corrected chi connectivity index (χ3v) is 12.5. The maximum atomic E-state index is 12.6. The van der Waals surface area contributed by atoms with Gasteiger partial charge in [0.25, 0.3) is 0 Å². The number of amides is 1. The molecule has 3 aromatic rings. The second-order valence-corrected chi connectivity index (χ2v) is 18.5. The van der Waals surface area contributed by atoms with Crippen LogP contribution in [0.25, 0.3) is 17.7 Å². The van der Waals surface area contributed by atoms with Gasteiger partial charge in [-0.1, -0.05) is 35.4 Å². The van der Waals surface area contributed by atoms with Crippen LogP contribution in [0.2, 0.25) is 26.2 Å². The fraction of sp³-hybridized carbons (Fsp3) is 0.282. The molecule has 0 aliphatic heterocycles. The second-order valence-electron chi connectivity index (χ2n) is 13.0. The minimum Gasteiger partial charge on any atom is -1.00 e. The number of nitrogens with one attached hydrogen (secondary N) is 1. The van der Waals surface area contributed by atoms with Crippen molar-refractivity contribution >= 4 is 57.2 Å². The number of fused-ring (bicyclic) bond motifs is 2. The summed E-state index contributed by atoms with van der Waals surface area (Å²) in [5.74, 6) is 0.441. The molecular formula is C39H44Cl2N2OSi2Zr-. The Morgan fingerprint density at radius 1 is 0.830 bits per heavy atom. The Morgan fingerprint density at radius 2 is 1.40 bits per heavy atom. The molecule has 0 saturated carbocycles. The second kappa shape index (κ2) is 16.9. The Labute approximate surface area is 312 Å².